The smallest absolute Gasteiger partial charge is 0.257 e. The Hall–Kier alpha value is -2.17. The minimum absolute atomic E-state index is 0.158. The van der Waals surface area contributed by atoms with Gasteiger partial charge in [-0.15, -0.1) is 0 Å². The molecule has 5 nitrogen and oxygen atoms in total. The summed E-state index contributed by atoms with van der Waals surface area (Å²) in [4.78, 5) is 19.4. The molecule has 0 radical (unpaired) electrons. The Morgan fingerprint density at radius 3 is 2.67 bits per heavy atom. The molecule has 1 amide bonds. The molecule has 3 atom stereocenters. The molecule has 1 aromatic heterocycles. The van der Waals surface area contributed by atoms with Gasteiger partial charge in [0.2, 0.25) is 0 Å². The third kappa shape index (κ3) is 2.62. The van der Waals surface area contributed by atoms with E-state index in [1.807, 2.05) is 24.3 Å². The van der Waals surface area contributed by atoms with Gasteiger partial charge in [-0.05, 0) is 63.3 Å². The summed E-state index contributed by atoms with van der Waals surface area (Å²) >= 11 is 0. The van der Waals surface area contributed by atoms with Gasteiger partial charge in [0.25, 0.3) is 11.8 Å². The van der Waals surface area contributed by atoms with Gasteiger partial charge in [-0.3, -0.25) is 4.79 Å². The molecule has 1 aromatic carbocycles. The molecule has 1 saturated carbocycles. The Bertz CT molecular complexity index is 737. The molecule has 2 aliphatic rings. The fourth-order valence-corrected chi connectivity index (χ4v) is 4.38. The molecule has 24 heavy (non-hydrogen) atoms. The lowest BCUT2D eigenvalue weighted by atomic mass is 9.85. The first-order chi connectivity index (χ1) is 11.6. The lowest BCUT2D eigenvalue weighted by molar-refractivity contribution is 0.0633. The summed E-state index contributed by atoms with van der Waals surface area (Å²) < 4.78 is 5.18. The maximum absolute atomic E-state index is 13.0. The van der Waals surface area contributed by atoms with Crippen LogP contribution >= 0.6 is 0 Å². The van der Waals surface area contributed by atoms with Gasteiger partial charge in [0, 0.05) is 23.2 Å². The molecule has 1 saturated heterocycles. The number of aryl methyl sites for hydroxylation is 1. The Morgan fingerprint density at radius 1 is 1.21 bits per heavy atom. The minimum Gasteiger partial charge on any atom is -0.334 e. The molecule has 1 aliphatic heterocycles. The average molecular weight is 325 g/mol. The highest BCUT2D eigenvalue weighted by atomic mass is 16.5. The molecule has 5 heteroatoms. The lowest BCUT2D eigenvalue weighted by Gasteiger charge is -2.33. The van der Waals surface area contributed by atoms with Crippen LogP contribution in [0.1, 0.15) is 55.2 Å². The molecule has 0 N–H and O–H groups in total. The molecule has 2 heterocycles. The SMILES string of the molecule is Cc1noc(-c2ccc(C(=O)N3[C@H](C)C[C@H]4CCCC[C@@H]43)cc2)n1. The van der Waals surface area contributed by atoms with Crippen LogP contribution in [-0.2, 0) is 0 Å². The van der Waals surface area contributed by atoms with E-state index >= 15 is 0 Å². The van der Waals surface area contributed by atoms with Crippen LogP contribution in [0.4, 0.5) is 0 Å². The van der Waals surface area contributed by atoms with Crippen molar-refractivity contribution in [3.8, 4) is 11.5 Å². The number of likely N-dealkylation sites (tertiary alicyclic amines) is 1. The molecular weight excluding hydrogens is 302 g/mol. The van der Waals surface area contributed by atoms with E-state index in [1.54, 1.807) is 6.92 Å². The number of hydrogen-bond acceptors (Lipinski definition) is 4. The molecule has 1 aliphatic carbocycles. The summed E-state index contributed by atoms with van der Waals surface area (Å²) in [6.07, 6.45) is 6.13. The third-order valence-corrected chi connectivity index (χ3v) is 5.49. The number of benzene rings is 1. The van der Waals surface area contributed by atoms with Crippen molar-refractivity contribution in [1.29, 1.82) is 0 Å². The van der Waals surface area contributed by atoms with Crippen LogP contribution in [0.25, 0.3) is 11.5 Å². The van der Waals surface area contributed by atoms with Gasteiger partial charge >= 0.3 is 0 Å². The number of carbonyl (C=O) groups excluding carboxylic acids is 1. The van der Waals surface area contributed by atoms with E-state index in [-0.39, 0.29) is 5.91 Å². The lowest BCUT2D eigenvalue weighted by Crippen LogP contribution is -2.42. The highest BCUT2D eigenvalue weighted by molar-refractivity contribution is 5.95. The van der Waals surface area contributed by atoms with Crippen molar-refractivity contribution in [2.24, 2.45) is 5.92 Å². The number of hydrogen-bond donors (Lipinski definition) is 0. The third-order valence-electron chi connectivity index (χ3n) is 5.49. The zero-order chi connectivity index (χ0) is 16.7. The van der Waals surface area contributed by atoms with E-state index in [0.29, 0.717) is 29.7 Å². The average Bonchev–Trinajstić information content (AvgIpc) is 3.17. The van der Waals surface area contributed by atoms with Crippen molar-refractivity contribution in [2.45, 2.75) is 58.0 Å². The normalized spacial score (nSPS) is 26.4. The van der Waals surface area contributed by atoms with Gasteiger partial charge in [0.15, 0.2) is 5.82 Å². The van der Waals surface area contributed by atoms with Gasteiger partial charge < -0.3 is 9.42 Å². The molecule has 126 valence electrons. The molecule has 4 rings (SSSR count). The number of fused-ring (bicyclic) bond motifs is 1. The molecule has 0 bridgehead atoms. The van der Waals surface area contributed by atoms with Gasteiger partial charge in [-0.1, -0.05) is 18.0 Å². The van der Waals surface area contributed by atoms with E-state index in [1.165, 1.54) is 19.3 Å². The maximum Gasteiger partial charge on any atom is 0.257 e. The highest BCUT2D eigenvalue weighted by Gasteiger charge is 2.42. The van der Waals surface area contributed by atoms with Crippen LogP contribution in [0.2, 0.25) is 0 Å². The predicted molar refractivity (Wildman–Crippen MR) is 90.5 cm³/mol. The molecule has 2 aromatic rings. The zero-order valence-electron chi connectivity index (χ0n) is 14.2. The standard InChI is InChI=1S/C19H23N3O2/c1-12-11-16-5-3-4-6-17(16)22(12)19(23)15-9-7-14(8-10-15)18-20-13(2)21-24-18/h7-10,12,16-17H,3-6,11H2,1-2H3/t12-,16-,17+/m1/s1. The van der Waals surface area contributed by atoms with Gasteiger partial charge in [0.1, 0.15) is 0 Å². The van der Waals surface area contributed by atoms with E-state index in [0.717, 1.165) is 24.0 Å². The van der Waals surface area contributed by atoms with Crippen LogP contribution in [-0.4, -0.2) is 33.0 Å². The number of nitrogens with zero attached hydrogens (tertiary/aromatic N) is 3. The Morgan fingerprint density at radius 2 is 1.96 bits per heavy atom. The molecular formula is C19H23N3O2. The summed E-state index contributed by atoms with van der Waals surface area (Å²) in [6.45, 7) is 3.98. The van der Waals surface area contributed by atoms with E-state index < -0.39 is 0 Å². The van der Waals surface area contributed by atoms with Crippen molar-refractivity contribution in [2.75, 3.05) is 0 Å². The van der Waals surface area contributed by atoms with Crippen LogP contribution in [0, 0.1) is 12.8 Å². The van der Waals surface area contributed by atoms with Gasteiger partial charge in [-0.2, -0.15) is 4.98 Å². The van der Waals surface area contributed by atoms with Crippen molar-refractivity contribution in [3.63, 3.8) is 0 Å². The first-order valence-corrected chi connectivity index (χ1v) is 8.87. The van der Waals surface area contributed by atoms with Gasteiger partial charge in [-0.25, -0.2) is 0 Å². The monoisotopic (exact) mass is 325 g/mol. The summed E-state index contributed by atoms with van der Waals surface area (Å²) in [5.41, 5.74) is 1.59. The number of rotatable bonds is 2. The Kier molecular flexibility index (Phi) is 3.87. The first kappa shape index (κ1) is 15.4. The molecule has 0 spiro atoms. The van der Waals surface area contributed by atoms with Crippen LogP contribution < -0.4 is 0 Å². The fraction of sp³-hybridized carbons (Fsp3) is 0.526. The van der Waals surface area contributed by atoms with E-state index in [9.17, 15) is 4.79 Å². The Labute approximate surface area is 142 Å². The summed E-state index contributed by atoms with van der Waals surface area (Å²) in [5.74, 6) is 1.95. The largest absolute Gasteiger partial charge is 0.334 e. The van der Waals surface area contributed by atoms with Crippen molar-refractivity contribution < 1.29 is 9.32 Å². The number of amides is 1. The fourth-order valence-electron chi connectivity index (χ4n) is 4.38. The topological polar surface area (TPSA) is 59.2 Å². The van der Waals surface area contributed by atoms with Crippen LogP contribution in [0.3, 0.4) is 0 Å². The number of aromatic nitrogens is 2. The van der Waals surface area contributed by atoms with E-state index in [2.05, 4.69) is 22.0 Å². The highest BCUT2D eigenvalue weighted by Crippen LogP contribution is 2.40. The van der Waals surface area contributed by atoms with Crippen molar-refractivity contribution >= 4 is 5.91 Å². The quantitative estimate of drug-likeness (QED) is 0.842. The maximum atomic E-state index is 13.0. The Balaban J connectivity index is 1.56. The predicted octanol–water partition coefficient (Wildman–Crippen LogP) is 3.84. The number of carbonyl (C=O) groups is 1. The summed E-state index contributed by atoms with van der Waals surface area (Å²) in [7, 11) is 0. The molecule has 0 unspecified atom stereocenters. The molecule has 2 fully saturated rings. The van der Waals surface area contributed by atoms with Crippen LogP contribution in [0.15, 0.2) is 28.8 Å². The zero-order valence-corrected chi connectivity index (χ0v) is 14.2. The second-order valence-electron chi connectivity index (χ2n) is 7.13. The minimum atomic E-state index is 0.158. The van der Waals surface area contributed by atoms with Crippen LogP contribution in [0.5, 0.6) is 0 Å². The van der Waals surface area contributed by atoms with Crippen molar-refractivity contribution in [3.05, 3.63) is 35.7 Å². The second kappa shape index (κ2) is 6.04. The summed E-state index contributed by atoms with van der Waals surface area (Å²) in [5, 5.41) is 3.81. The van der Waals surface area contributed by atoms with E-state index in [4.69, 9.17) is 4.52 Å². The summed E-state index contributed by atoms with van der Waals surface area (Å²) in [6, 6.07) is 8.29. The first-order valence-electron chi connectivity index (χ1n) is 8.87. The van der Waals surface area contributed by atoms with Crippen molar-refractivity contribution in [1.82, 2.24) is 15.0 Å². The van der Waals surface area contributed by atoms with Gasteiger partial charge in [0.05, 0.1) is 0 Å². The second-order valence-corrected chi connectivity index (χ2v) is 7.13.